The van der Waals surface area contributed by atoms with Crippen molar-refractivity contribution in [3.63, 3.8) is 0 Å². The van der Waals surface area contributed by atoms with E-state index in [1.165, 1.54) is 5.56 Å². The van der Waals surface area contributed by atoms with Gasteiger partial charge in [-0.2, -0.15) is 0 Å². The molecule has 0 radical (unpaired) electrons. The normalized spacial score (nSPS) is 18.7. The summed E-state index contributed by atoms with van der Waals surface area (Å²) < 4.78 is 5.87. The molecule has 0 aliphatic carbocycles. The van der Waals surface area contributed by atoms with E-state index >= 15 is 0 Å². The van der Waals surface area contributed by atoms with Gasteiger partial charge < -0.3 is 14.7 Å². The van der Waals surface area contributed by atoms with E-state index in [0.717, 1.165) is 51.1 Å². The molecule has 1 atom stereocenters. The first-order valence-electron chi connectivity index (χ1n) is 8.62. The van der Waals surface area contributed by atoms with Crippen molar-refractivity contribution in [3.8, 4) is 5.75 Å². The number of fused-ring (bicyclic) bond motifs is 1. The van der Waals surface area contributed by atoms with E-state index in [-0.39, 0.29) is 12.0 Å². The molecule has 1 heterocycles. The molecule has 1 aliphatic heterocycles. The van der Waals surface area contributed by atoms with Crippen LogP contribution < -0.4 is 4.74 Å². The van der Waals surface area contributed by atoms with Gasteiger partial charge in [0, 0.05) is 25.1 Å². The van der Waals surface area contributed by atoms with Gasteiger partial charge in [0.25, 0.3) is 0 Å². The van der Waals surface area contributed by atoms with E-state index in [2.05, 4.69) is 44.0 Å². The smallest absolute Gasteiger partial charge is 0.122 e. The predicted molar refractivity (Wildman–Crippen MR) is 91.3 cm³/mol. The summed E-state index contributed by atoms with van der Waals surface area (Å²) >= 11 is 0. The Kier molecular flexibility index (Phi) is 6.27. The van der Waals surface area contributed by atoms with Crippen molar-refractivity contribution in [2.45, 2.75) is 39.5 Å². The zero-order chi connectivity index (χ0) is 16.0. The minimum absolute atomic E-state index is 0.0495. The number of hydrogen-bond donors (Lipinski definition) is 1. The standard InChI is InChI=1S/C19H31NO2/c1-4-19(5-2,15-21)14-20(3)13-16-10-11-22-18-9-7-6-8-17(18)12-16/h6-9,16,21H,4-5,10-15H2,1-3H3. The van der Waals surface area contributed by atoms with Gasteiger partial charge in [-0.1, -0.05) is 32.0 Å². The Labute approximate surface area is 135 Å². The molecule has 0 spiro atoms. The molecular formula is C19H31NO2. The van der Waals surface area contributed by atoms with E-state index in [1.54, 1.807) is 0 Å². The lowest BCUT2D eigenvalue weighted by molar-refractivity contribution is 0.0688. The van der Waals surface area contributed by atoms with Gasteiger partial charge in [0.1, 0.15) is 5.75 Å². The van der Waals surface area contributed by atoms with Crippen LogP contribution in [0.4, 0.5) is 0 Å². The van der Waals surface area contributed by atoms with Crippen LogP contribution in [0.15, 0.2) is 24.3 Å². The van der Waals surface area contributed by atoms with Crippen LogP contribution in [0.3, 0.4) is 0 Å². The number of benzene rings is 1. The Morgan fingerprint density at radius 2 is 2.00 bits per heavy atom. The third-order valence-electron chi connectivity index (χ3n) is 5.28. The third-order valence-corrected chi connectivity index (χ3v) is 5.28. The Morgan fingerprint density at radius 1 is 1.27 bits per heavy atom. The topological polar surface area (TPSA) is 32.7 Å². The summed E-state index contributed by atoms with van der Waals surface area (Å²) in [6.45, 7) is 7.49. The molecule has 2 rings (SSSR count). The van der Waals surface area contributed by atoms with Gasteiger partial charge in [-0.15, -0.1) is 0 Å². The highest BCUT2D eigenvalue weighted by Crippen LogP contribution is 2.29. The molecule has 3 nitrogen and oxygen atoms in total. The number of aliphatic hydroxyl groups excluding tert-OH is 1. The second-order valence-corrected chi connectivity index (χ2v) is 6.88. The van der Waals surface area contributed by atoms with Gasteiger partial charge in [-0.25, -0.2) is 0 Å². The summed E-state index contributed by atoms with van der Waals surface area (Å²) in [7, 11) is 2.19. The van der Waals surface area contributed by atoms with Crippen LogP contribution in [0.1, 0.15) is 38.7 Å². The maximum atomic E-state index is 9.76. The first kappa shape index (κ1) is 17.3. The van der Waals surface area contributed by atoms with E-state index in [1.807, 2.05) is 6.07 Å². The van der Waals surface area contributed by atoms with E-state index in [4.69, 9.17) is 4.74 Å². The molecule has 0 saturated heterocycles. The molecule has 1 unspecified atom stereocenters. The van der Waals surface area contributed by atoms with Gasteiger partial charge in [-0.05, 0) is 50.3 Å². The lowest BCUT2D eigenvalue weighted by atomic mass is 9.82. The number of hydrogen-bond acceptors (Lipinski definition) is 3. The number of para-hydroxylation sites is 1. The van der Waals surface area contributed by atoms with Crippen LogP contribution >= 0.6 is 0 Å². The average molecular weight is 305 g/mol. The first-order chi connectivity index (χ1) is 10.6. The Hall–Kier alpha value is -1.06. The summed E-state index contributed by atoms with van der Waals surface area (Å²) in [6, 6.07) is 8.40. The van der Waals surface area contributed by atoms with Crippen molar-refractivity contribution in [1.82, 2.24) is 4.90 Å². The Morgan fingerprint density at radius 3 is 2.68 bits per heavy atom. The molecule has 0 aromatic heterocycles. The maximum Gasteiger partial charge on any atom is 0.122 e. The zero-order valence-electron chi connectivity index (χ0n) is 14.3. The number of ether oxygens (including phenoxy) is 1. The molecule has 22 heavy (non-hydrogen) atoms. The van der Waals surface area contributed by atoms with Crippen molar-refractivity contribution in [3.05, 3.63) is 29.8 Å². The van der Waals surface area contributed by atoms with Crippen molar-refractivity contribution in [2.24, 2.45) is 11.3 Å². The molecule has 0 fully saturated rings. The second kappa shape index (κ2) is 7.98. The van der Waals surface area contributed by atoms with E-state index in [0.29, 0.717) is 5.92 Å². The van der Waals surface area contributed by atoms with Crippen LogP contribution in [-0.4, -0.2) is 43.4 Å². The summed E-state index contributed by atoms with van der Waals surface area (Å²) in [6.07, 6.45) is 4.25. The molecule has 1 aliphatic rings. The second-order valence-electron chi connectivity index (χ2n) is 6.88. The van der Waals surface area contributed by atoms with Crippen LogP contribution in [-0.2, 0) is 6.42 Å². The third kappa shape index (κ3) is 4.23. The quantitative estimate of drug-likeness (QED) is 0.838. The molecule has 124 valence electrons. The fourth-order valence-corrected chi connectivity index (χ4v) is 3.54. The maximum absolute atomic E-state index is 9.76. The van der Waals surface area contributed by atoms with Crippen LogP contribution in [0.5, 0.6) is 5.75 Å². The summed E-state index contributed by atoms with van der Waals surface area (Å²) in [5.41, 5.74) is 1.38. The van der Waals surface area contributed by atoms with Gasteiger partial charge in [0.2, 0.25) is 0 Å². The van der Waals surface area contributed by atoms with Crippen molar-refractivity contribution >= 4 is 0 Å². The highest BCUT2D eigenvalue weighted by molar-refractivity contribution is 5.34. The monoisotopic (exact) mass is 305 g/mol. The SMILES string of the molecule is CCC(CC)(CO)CN(C)CC1CCOc2ccccc2C1. The molecule has 1 aromatic carbocycles. The molecule has 0 amide bonds. The fraction of sp³-hybridized carbons (Fsp3) is 0.684. The van der Waals surface area contributed by atoms with Crippen molar-refractivity contribution < 1.29 is 9.84 Å². The van der Waals surface area contributed by atoms with Crippen molar-refractivity contribution in [1.29, 1.82) is 0 Å². The molecular weight excluding hydrogens is 274 g/mol. The molecule has 3 heteroatoms. The number of nitrogens with zero attached hydrogens (tertiary/aromatic N) is 1. The Bertz CT molecular complexity index is 448. The summed E-state index contributed by atoms with van der Waals surface area (Å²) in [5.74, 6) is 1.68. The Balaban J connectivity index is 1.96. The zero-order valence-corrected chi connectivity index (χ0v) is 14.3. The van der Waals surface area contributed by atoms with Crippen LogP contribution in [0.2, 0.25) is 0 Å². The minimum Gasteiger partial charge on any atom is -0.493 e. The molecule has 0 saturated carbocycles. The van der Waals surface area contributed by atoms with Gasteiger partial charge in [0.15, 0.2) is 0 Å². The molecule has 0 bridgehead atoms. The summed E-state index contributed by atoms with van der Waals surface area (Å²) in [4.78, 5) is 2.40. The predicted octanol–water partition coefficient (Wildman–Crippen LogP) is 3.36. The lowest BCUT2D eigenvalue weighted by Crippen LogP contribution is -2.40. The average Bonchev–Trinajstić information content (AvgIpc) is 2.74. The minimum atomic E-state index is 0.0495. The van der Waals surface area contributed by atoms with Gasteiger partial charge in [0.05, 0.1) is 6.61 Å². The largest absolute Gasteiger partial charge is 0.493 e. The number of rotatable bonds is 7. The van der Waals surface area contributed by atoms with Gasteiger partial charge >= 0.3 is 0 Å². The molecule has 1 aromatic rings. The first-order valence-corrected chi connectivity index (χ1v) is 8.62. The highest BCUT2D eigenvalue weighted by Gasteiger charge is 2.28. The summed E-state index contributed by atoms with van der Waals surface area (Å²) in [5, 5.41) is 9.76. The van der Waals surface area contributed by atoms with Crippen molar-refractivity contribution in [2.75, 3.05) is 33.4 Å². The number of aliphatic hydroxyl groups is 1. The molecule has 1 N–H and O–H groups in total. The van der Waals surface area contributed by atoms with Crippen LogP contribution in [0.25, 0.3) is 0 Å². The van der Waals surface area contributed by atoms with E-state index < -0.39 is 0 Å². The highest BCUT2D eigenvalue weighted by atomic mass is 16.5. The fourth-order valence-electron chi connectivity index (χ4n) is 3.54. The van der Waals surface area contributed by atoms with E-state index in [9.17, 15) is 5.11 Å². The van der Waals surface area contributed by atoms with Gasteiger partial charge in [-0.3, -0.25) is 0 Å². The lowest BCUT2D eigenvalue weighted by Gasteiger charge is -2.35. The van der Waals surface area contributed by atoms with Crippen LogP contribution in [0, 0.1) is 11.3 Å².